The topological polar surface area (TPSA) is 74.6 Å². The van der Waals surface area contributed by atoms with Crippen LogP contribution in [0.5, 0.6) is 0 Å². The van der Waals surface area contributed by atoms with E-state index in [1.54, 1.807) is 0 Å². The Balaban J connectivity index is 2.42. The second-order valence-corrected chi connectivity index (χ2v) is 3.54. The third kappa shape index (κ3) is 2.57. The number of nitrogens with one attached hydrogen (secondary N) is 1. The van der Waals surface area contributed by atoms with Gasteiger partial charge in [0, 0.05) is 11.1 Å². The van der Waals surface area contributed by atoms with Gasteiger partial charge in [0.15, 0.2) is 0 Å². The average Bonchev–Trinajstić information content (AvgIpc) is 2.28. The zero-order valence-electron chi connectivity index (χ0n) is 9.21. The number of pyridine rings is 1. The van der Waals surface area contributed by atoms with E-state index in [-0.39, 0.29) is 0 Å². The first-order valence-electron chi connectivity index (χ1n) is 5.05. The Kier molecular flexibility index (Phi) is 3.00. The molecule has 86 valence electrons. The molecule has 0 unspecified atom stereocenters. The van der Waals surface area contributed by atoms with Crippen molar-refractivity contribution in [2.75, 3.05) is 5.43 Å². The van der Waals surface area contributed by atoms with Gasteiger partial charge in [-0.05, 0) is 19.1 Å². The molecule has 1 aromatic heterocycles. The molecule has 2 rings (SSSR count). The Morgan fingerprint density at radius 2 is 2.24 bits per heavy atom. The minimum Gasteiger partial charge on any atom is -0.477 e. The highest BCUT2D eigenvalue weighted by Gasteiger charge is 2.02. The van der Waals surface area contributed by atoms with Crippen molar-refractivity contribution in [3.8, 4) is 0 Å². The maximum absolute atomic E-state index is 10.3. The first kappa shape index (κ1) is 11.1. The lowest BCUT2D eigenvalue weighted by Crippen LogP contribution is -1.99. The monoisotopic (exact) mass is 229 g/mol. The van der Waals surface area contributed by atoms with Crippen LogP contribution < -0.4 is 5.43 Å². The second kappa shape index (κ2) is 4.61. The number of nitrogens with zero attached hydrogens (tertiary/aromatic N) is 2. The van der Waals surface area contributed by atoms with Crippen molar-refractivity contribution in [3.63, 3.8) is 0 Å². The maximum atomic E-state index is 10.3. The molecule has 0 radical (unpaired) electrons. The molecule has 0 saturated carbocycles. The molecule has 0 aliphatic heterocycles. The van der Waals surface area contributed by atoms with Gasteiger partial charge in [0.1, 0.15) is 6.21 Å². The van der Waals surface area contributed by atoms with E-state index < -0.39 is 5.97 Å². The molecule has 2 N–H and O–H groups in total. The van der Waals surface area contributed by atoms with Crippen LogP contribution in [0.25, 0.3) is 10.9 Å². The van der Waals surface area contributed by atoms with E-state index in [0.29, 0.717) is 0 Å². The van der Waals surface area contributed by atoms with Crippen LogP contribution in [0.3, 0.4) is 0 Å². The van der Waals surface area contributed by atoms with Gasteiger partial charge in [0.05, 0.1) is 11.2 Å². The Bertz CT molecular complexity index is 593. The molecule has 0 aliphatic carbocycles. The Hall–Kier alpha value is -2.43. The number of rotatable bonds is 3. The molecule has 0 spiro atoms. The Morgan fingerprint density at radius 1 is 1.47 bits per heavy atom. The van der Waals surface area contributed by atoms with Gasteiger partial charge in [-0.1, -0.05) is 18.2 Å². The molecule has 0 fully saturated rings. The molecule has 1 aromatic carbocycles. The van der Waals surface area contributed by atoms with Crippen molar-refractivity contribution in [2.45, 2.75) is 6.92 Å². The number of anilines is 1. The fraction of sp³-hybridized carbons (Fsp3) is 0.0833. The first-order chi connectivity index (χ1) is 8.16. The summed E-state index contributed by atoms with van der Waals surface area (Å²) in [4.78, 5) is 14.7. The van der Waals surface area contributed by atoms with Gasteiger partial charge in [0.25, 0.3) is 0 Å². The number of aryl methyl sites for hydroxylation is 1. The average molecular weight is 229 g/mol. The molecule has 0 saturated heterocycles. The van der Waals surface area contributed by atoms with Crippen molar-refractivity contribution in [1.82, 2.24) is 4.98 Å². The van der Waals surface area contributed by atoms with Crippen molar-refractivity contribution < 1.29 is 9.90 Å². The van der Waals surface area contributed by atoms with Gasteiger partial charge in [-0.2, -0.15) is 5.10 Å². The number of para-hydroxylation sites is 1. The molecule has 0 bridgehead atoms. The summed E-state index contributed by atoms with van der Waals surface area (Å²) < 4.78 is 0. The molecule has 5 nitrogen and oxygen atoms in total. The van der Waals surface area contributed by atoms with Gasteiger partial charge in [-0.15, -0.1) is 0 Å². The smallest absolute Gasteiger partial charge is 0.348 e. The molecule has 0 atom stereocenters. The van der Waals surface area contributed by atoms with Crippen LogP contribution in [-0.2, 0) is 4.79 Å². The lowest BCUT2D eigenvalue weighted by Gasteiger charge is -2.06. The van der Waals surface area contributed by atoms with Gasteiger partial charge in [-0.25, -0.2) is 4.79 Å². The summed E-state index contributed by atoms with van der Waals surface area (Å²) >= 11 is 0. The number of hydrazone groups is 1. The normalized spacial score (nSPS) is 10.9. The zero-order chi connectivity index (χ0) is 12.3. The standard InChI is InChI=1S/C12H11N3O2/c1-8-6-11(15-13-7-12(16)17)9-4-2-3-5-10(9)14-8/h2-7H,1H3,(H,14,15)(H,16,17). The molecular formula is C12H11N3O2. The second-order valence-electron chi connectivity index (χ2n) is 3.54. The zero-order valence-corrected chi connectivity index (χ0v) is 9.21. The number of fused-ring (bicyclic) bond motifs is 1. The highest BCUT2D eigenvalue weighted by molar-refractivity contribution is 6.22. The van der Waals surface area contributed by atoms with E-state index >= 15 is 0 Å². The van der Waals surface area contributed by atoms with Crippen molar-refractivity contribution >= 4 is 28.8 Å². The number of carbonyl (C=O) groups is 1. The summed E-state index contributed by atoms with van der Waals surface area (Å²) in [6, 6.07) is 9.42. The molecule has 2 aromatic rings. The van der Waals surface area contributed by atoms with Gasteiger partial charge in [-0.3, -0.25) is 10.4 Å². The minimum atomic E-state index is -1.09. The number of carboxylic acid groups (broad SMARTS) is 1. The van der Waals surface area contributed by atoms with Crippen LogP contribution in [0.2, 0.25) is 0 Å². The number of hydrogen-bond acceptors (Lipinski definition) is 4. The van der Waals surface area contributed by atoms with Crippen LogP contribution >= 0.6 is 0 Å². The van der Waals surface area contributed by atoms with Crippen LogP contribution in [0.1, 0.15) is 5.69 Å². The minimum absolute atomic E-state index is 0.741. The third-order valence-electron chi connectivity index (χ3n) is 2.20. The van der Waals surface area contributed by atoms with E-state index in [0.717, 1.165) is 28.5 Å². The van der Waals surface area contributed by atoms with E-state index in [1.165, 1.54) is 0 Å². The highest BCUT2D eigenvalue weighted by Crippen LogP contribution is 2.22. The quantitative estimate of drug-likeness (QED) is 0.623. The van der Waals surface area contributed by atoms with Crippen LogP contribution in [0, 0.1) is 6.92 Å². The van der Waals surface area contributed by atoms with Crippen LogP contribution in [0.15, 0.2) is 35.4 Å². The third-order valence-corrected chi connectivity index (χ3v) is 2.20. The Morgan fingerprint density at radius 3 is 3.00 bits per heavy atom. The van der Waals surface area contributed by atoms with Crippen LogP contribution in [-0.4, -0.2) is 22.3 Å². The summed E-state index contributed by atoms with van der Waals surface area (Å²) in [5.41, 5.74) is 5.14. The molecule has 17 heavy (non-hydrogen) atoms. The fourth-order valence-electron chi connectivity index (χ4n) is 1.56. The predicted octanol–water partition coefficient (Wildman–Crippen LogP) is 2.03. The van der Waals surface area contributed by atoms with Gasteiger partial charge >= 0.3 is 5.97 Å². The number of hydrogen-bond donors (Lipinski definition) is 2. The maximum Gasteiger partial charge on any atom is 0.348 e. The number of aliphatic carboxylic acids is 1. The summed E-state index contributed by atoms with van der Waals surface area (Å²) in [6.45, 7) is 1.87. The van der Waals surface area contributed by atoms with Gasteiger partial charge < -0.3 is 5.11 Å². The van der Waals surface area contributed by atoms with Crippen molar-refractivity contribution in [3.05, 3.63) is 36.0 Å². The molecule has 5 heteroatoms. The predicted molar refractivity (Wildman–Crippen MR) is 66.2 cm³/mol. The van der Waals surface area contributed by atoms with E-state index in [2.05, 4.69) is 15.5 Å². The number of aromatic nitrogens is 1. The fourth-order valence-corrected chi connectivity index (χ4v) is 1.56. The van der Waals surface area contributed by atoms with E-state index in [4.69, 9.17) is 5.11 Å². The van der Waals surface area contributed by atoms with E-state index in [1.807, 2.05) is 37.3 Å². The van der Waals surface area contributed by atoms with Crippen molar-refractivity contribution in [2.24, 2.45) is 5.10 Å². The molecule has 1 heterocycles. The SMILES string of the molecule is Cc1cc(NN=CC(=O)O)c2ccccc2n1. The lowest BCUT2D eigenvalue weighted by molar-refractivity contribution is -0.128. The summed E-state index contributed by atoms with van der Waals surface area (Å²) in [7, 11) is 0. The first-order valence-corrected chi connectivity index (χ1v) is 5.05. The molecule has 0 amide bonds. The number of benzene rings is 1. The molecule has 0 aliphatic rings. The summed E-state index contributed by atoms with van der Waals surface area (Å²) in [6.07, 6.45) is 0.810. The summed E-state index contributed by atoms with van der Waals surface area (Å²) in [5.74, 6) is -1.09. The number of carboxylic acids is 1. The van der Waals surface area contributed by atoms with Crippen LogP contribution in [0.4, 0.5) is 5.69 Å². The molecular weight excluding hydrogens is 218 g/mol. The van der Waals surface area contributed by atoms with Gasteiger partial charge in [0.2, 0.25) is 0 Å². The Labute approximate surface area is 97.8 Å². The lowest BCUT2D eigenvalue weighted by atomic mass is 10.1. The highest BCUT2D eigenvalue weighted by atomic mass is 16.4. The summed E-state index contributed by atoms with van der Waals surface area (Å²) in [5, 5.41) is 13.0. The largest absolute Gasteiger partial charge is 0.477 e. The van der Waals surface area contributed by atoms with Crippen molar-refractivity contribution in [1.29, 1.82) is 0 Å². The van der Waals surface area contributed by atoms with E-state index in [9.17, 15) is 4.79 Å².